The molecule has 1 fully saturated rings. The molecule has 102 valence electrons. The first-order valence-corrected chi connectivity index (χ1v) is 6.60. The van der Waals surface area contributed by atoms with Gasteiger partial charge in [-0.3, -0.25) is 0 Å². The van der Waals surface area contributed by atoms with E-state index in [1.807, 2.05) is 32.0 Å². The second kappa shape index (κ2) is 5.87. The molecular formula is C15H19NO3. The summed E-state index contributed by atoms with van der Waals surface area (Å²) in [5.74, 6) is 0.569. The third-order valence-electron chi connectivity index (χ3n) is 3.51. The number of para-hydroxylation sites is 1. The van der Waals surface area contributed by atoms with Crippen molar-refractivity contribution in [1.29, 1.82) is 0 Å². The van der Waals surface area contributed by atoms with E-state index in [2.05, 4.69) is 0 Å². The summed E-state index contributed by atoms with van der Waals surface area (Å²) in [7, 11) is 0. The van der Waals surface area contributed by atoms with Crippen molar-refractivity contribution >= 4 is 12.4 Å². The number of nitrogens with zero attached hydrogens (tertiary/aromatic N) is 1. The third-order valence-corrected chi connectivity index (χ3v) is 3.51. The van der Waals surface area contributed by atoms with Crippen molar-refractivity contribution in [1.82, 2.24) is 4.90 Å². The van der Waals surface area contributed by atoms with Crippen molar-refractivity contribution in [3.63, 3.8) is 0 Å². The Morgan fingerprint density at radius 2 is 2.05 bits per heavy atom. The Labute approximate surface area is 113 Å². The molecule has 0 aliphatic carbocycles. The summed E-state index contributed by atoms with van der Waals surface area (Å²) >= 11 is 0. The van der Waals surface area contributed by atoms with Gasteiger partial charge in [-0.2, -0.15) is 0 Å². The summed E-state index contributed by atoms with van der Waals surface area (Å²) in [5, 5.41) is 0. The van der Waals surface area contributed by atoms with Crippen LogP contribution in [0.4, 0.5) is 4.79 Å². The predicted molar refractivity (Wildman–Crippen MR) is 72.3 cm³/mol. The summed E-state index contributed by atoms with van der Waals surface area (Å²) in [5.41, 5.74) is 1.88. The van der Waals surface area contributed by atoms with Crippen LogP contribution in [-0.2, 0) is 4.79 Å². The lowest BCUT2D eigenvalue weighted by Crippen LogP contribution is -2.42. The summed E-state index contributed by atoms with van der Waals surface area (Å²) in [6.45, 7) is 4.96. The van der Waals surface area contributed by atoms with Crippen LogP contribution in [0.15, 0.2) is 18.2 Å². The number of hydrogen-bond acceptors (Lipinski definition) is 3. The fourth-order valence-electron chi connectivity index (χ4n) is 2.40. The minimum Gasteiger partial charge on any atom is -0.410 e. The van der Waals surface area contributed by atoms with Gasteiger partial charge >= 0.3 is 6.09 Å². The fraction of sp³-hybridized carbons (Fsp3) is 0.467. The van der Waals surface area contributed by atoms with Crippen LogP contribution in [0.1, 0.15) is 24.0 Å². The largest absolute Gasteiger partial charge is 0.415 e. The number of likely N-dealkylation sites (tertiary alicyclic amines) is 1. The fourth-order valence-corrected chi connectivity index (χ4v) is 2.40. The van der Waals surface area contributed by atoms with Crippen LogP contribution in [0, 0.1) is 19.8 Å². The van der Waals surface area contributed by atoms with E-state index in [0.29, 0.717) is 18.8 Å². The highest BCUT2D eigenvalue weighted by atomic mass is 16.6. The summed E-state index contributed by atoms with van der Waals surface area (Å²) in [6.07, 6.45) is 2.28. The van der Waals surface area contributed by atoms with Crippen LogP contribution in [0.25, 0.3) is 0 Å². The SMILES string of the molecule is Cc1cccc(C)c1OC(=O)N1CCCC(C=O)C1. The van der Waals surface area contributed by atoms with Crippen molar-refractivity contribution in [2.24, 2.45) is 5.92 Å². The van der Waals surface area contributed by atoms with Gasteiger partial charge < -0.3 is 14.4 Å². The highest BCUT2D eigenvalue weighted by molar-refractivity contribution is 5.72. The molecule has 1 aromatic rings. The molecule has 1 aliphatic heterocycles. The lowest BCUT2D eigenvalue weighted by molar-refractivity contribution is -0.112. The Kier molecular flexibility index (Phi) is 4.20. The number of aryl methyl sites for hydroxylation is 2. The molecule has 4 heteroatoms. The molecule has 1 atom stereocenters. The average Bonchev–Trinajstić information content (AvgIpc) is 2.43. The van der Waals surface area contributed by atoms with E-state index in [1.165, 1.54) is 0 Å². The number of hydrogen-bond donors (Lipinski definition) is 0. The van der Waals surface area contributed by atoms with Crippen LogP contribution in [0.5, 0.6) is 5.75 Å². The van der Waals surface area contributed by atoms with Crippen molar-refractivity contribution in [3.05, 3.63) is 29.3 Å². The van der Waals surface area contributed by atoms with Gasteiger partial charge in [-0.15, -0.1) is 0 Å². The molecule has 0 bridgehead atoms. The minimum absolute atomic E-state index is 0.0562. The predicted octanol–water partition coefficient (Wildman–Crippen LogP) is 2.71. The lowest BCUT2D eigenvalue weighted by atomic mass is 10.0. The van der Waals surface area contributed by atoms with Crippen molar-refractivity contribution in [3.8, 4) is 5.75 Å². The van der Waals surface area contributed by atoms with Crippen LogP contribution in [0.2, 0.25) is 0 Å². The van der Waals surface area contributed by atoms with Crippen molar-refractivity contribution in [2.45, 2.75) is 26.7 Å². The molecule has 4 nitrogen and oxygen atoms in total. The molecule has 0 aromatic heterocycles. The molecule has 0 radical (unpaired) electrons. The van der Waals surface area contributed by atoms with E-state index in [4.69, 9.17) is 4.74 Å². The molecule has 1 aliphatic rings. The first kappa shape index (κ1) is 13.6. The van der Waals surface area contributed by atoms with E-state index in [-0.39, 0.29) is 12.0 Å². The smallest absolute Gasteiger partial charge is 0.410 e. The number of piperidine rings is 1. The Hall–Kier alpha value is -1.84. The highest BCUT2D eigenvalue weighted by Gasteiger charge is 2.25. The van der Waals surface area contributed by atoms with Gasteiger partial charge in [0.25, 0.3) is 0 Å². The molecule has 1 unspecified atom stereocenters. The van der Waals surface area contributed by atoms with Gasteiger partial charge in [0.05, 0.1) is 0 Å². The summed E-state index contributed by atoms with van der Waals surface area (Å²) in [4.78, 5) is 24.6. The zero-order valence-electron chi connectivity index (χ0n) is 11.4. The Morgan fingerprint density at radius 3 is 2.68 bits per heavy atom. The number of carbonyl (C=O) groups excluding carboxylic acids is 2. The van der Waals surface area contributed by atoms with Gasteiger partial charge in [-0.25, -0.2) is 4.79 Å². The van der Waals surface area contributed by atoms with Gasteiger partial charge in [-0.05, 0) is 37.8 Å². The van der Waals surface area contributed by atoms with E-state index in [0.717, 1.165) is 30.3 Å². The monoisotopic (exact) mass is 261 g/mol. The summed E-state index contributed by atoms with van der Waals surface area (Å²) in [6, 6.07) is 5.77. The normalized spacial score (nSPS) is 19.1. The molecule has 1 aromatic carbocycles. The molecule has 1 amide bonds. The molecule has 2 rings (SSSR count). The molecule has 0 saturated carbocycles. The first-order chi connectivity index (χ1) is 9.11. The van der Waals surface area contributed by atoms with Crippen LogP contribution >= 0.6 is 0 Å². The highest BCUT2D eigenvalue weighted by Crippen LogP contribution is 2.24. The lowest BCUT2D eigenvalue weighted by Gasteiger charge is -2.29. The van der Waals surface area contributed by atoms with Crippen molar-refractivity contribution < 1.29 is 14.3 Å². The maximum Gasteiger partial charge on any atom is 0.415 e. The van der Waals surface area contributed by atoms with Gasteiger partial charge in [0.15, 0.2) is 0 Å². The number of benzene rings is 1. The standard InChI is InChI=1S/C15H19NO3/c1-11-5-3-6-12(2)14(11)19-15(18)16-8-4-7-13(9-16)10-17/h3,5-6,10,13H,4,7-9H2,1-2H3. The zero-order chi connectivity index (χ0) is 13.8. The number of aldehydes is 1. The van der Waals surface area contributed by atoms with Crippen LogP contribution in [0.3, 0.4) is 0 Å². The maximum atomic E-state index is 12.1. The van der Waals surface area contributed by atoms with E-state index >= 15 is 0 Å². The minimum atomic E-state index is -0.357. The molecule has 0 N–H and O–H groups in total. The van der Waals surface area contributed by atoms with Gasteiger partial charge in [0, 0.05) is 19.0 Å². The topological polar surface area (TPSA) is 46.6 Å². The molecule has 0 spiro atoms. The van der Waals surface area contributed by atoms with Crippen molar-refractivity contribution in [2.75, 3.05) is 13.1 Å². The first-order valence-electron chi connectivity index (χ1n) is 6.60. The van der Waals surface area contributed by atoms with E-state index in [9.17, 15) is 9.59 Å². The quantitative estimate of drug-likeness (QED) is 0.769. The van der Waals surface area contributed by atoms with Gasteiger partial charge in [-0.1, -0.05) is 18.2 Å². The van der Waals surface area contributed by atoms with Gasteiger partial charge in [0.2, 0.25) is 0 Å². The van der Waals surface area contributed by atoms with E-state index < -0.39 is 0 Å². The average molecular weight is 261 g/mol. The number of amides is 1. The summed E-state index contributed by atoms with van der Waals surface area (Å²) < 4.78 is 5.48. The number of ether oxygens (including phenoxy) is 1. The molecule has 1 heterocycles. The second-order valence-corrected chi connectivity index (χ2v) is 5.07. The van der Waals surface area contributed by atoms with Crippen LogP contribution < -0.4 is 4.74 Å². The van der Waals surface area contributed by atoms with Gasteiger partial charge in [0.1, 0.15) is 12.0 Å². The second-order valence-electron chi connectivity index (χ2n) is 5.07. The third kappa shape index (κ3) is 3.13. The number of rotatable bonds is 2. The number of carbonyl (C=O) groups is 2. The Morgan fingerprint density at radius 1 is 1.37 bits per heavy atom. The Bertz CT molecular complexity index is 464. The van der Waals surface area contributed by atoms with E-state index in [1.54, 1.807) is 4.90 Å². The van der Waals surface area contributed by atoms with Crippen LogP contribution in [-0.4, -0.2) is 30.4 Å². The zero-order valence-corrected chi connectivity index (χ0v) is 11.4. The molecule has 19 heavy (non-hydrogen) atoms. The molecule has 1 saturated heterocycles. The Balaban J connectivity index is 2.06. The maximum absolute atomic E-state index is 12.1. The molecular weight excluding hydrogens is 242 g/mol.